The van der Waals surface area contributed by atoms with Gasteiger partial charge in [0, 0.05) is 15.4 Å². The van der Waals surface area contributed by atoms with Crippen molar-refractivity contribution in [2.45, 2.75) is 19.9 Å². The van der Waals surface area contributed by atoms with Gasteiger partial charge >= 0.3 is 0 Å². The van der Waals surface area contributed by atoms with E-state index in [-0.39, 0.29) is 6.04 Å². The van der Waals surface area contributed by atoms with E-state index in [1.165, 1.54) is 9.75 Å². The van der Waals surface area contributed by atoms with Crippen LogP contribution in [0.1, 0.15) is 22.7 Å². The highest BCUT2D eigenvalue weighted by Crippen LogP contribution is 2.27. The average molecular weight is 273 g/mol. The van der Waals surface area contributed by atoms with Crippen molar-refractivity contribution < 1.29 is 4.42 Å². The number of anilines is 2. The Balaban J connectivity index is 1.85. The van der Waals surface area contributed by atoms with Crippen molar-refractivity contribution in [2.24, 2.45) is 0 Å². The van der Waals surface area contributed by atoms with E-state index in [1.54, 1.807) is 11.3 Å². The fourth-order valence-electron chi connectivity index (χ4n) is 1.95. The topological polar surface area (TPSA) is 64.1 Å². The van der Waals surface area contributed by atoms with Gasteiger partial charge in [-0.25, -0.2) is 0 Å². The smallest absolute Gasteiger partial charge is 0.296 e. The molecule has 3 aromatic rings. The maximum atomic E-state index is 5.73. The highest BCUT2D eigenvalue weighted by atomic mass is 32.1. The zero-order valence-electron chi connectivity index (χ0n) is 10.8. The molecule has 0 spiro atoms. The van der Waals surface area contributed by atoms with Crippen LogP contribution in [0.15, 0.2) is 34.7 Å². The number of benzene rings is 1. The first-order valence-corrected chi connectivity index (χ1v) is 6.92. The summed E-state index contributed by atoms with van der Waals surface area (Å²) in [4.78, 5) is 6.96. The van der Waals surface area contributed by atoms with Gasteiger partial charge in [-0.15, -0.1) is 11.3 Å². The lowest BCUT2D eigenvalue weighted by atomic mass is 10.3. The molecule has 1 aromatic carbocycles. The van der Waals surface area contributed by atoms with Crippen LogP contribution in [0.3, 0.4) is 0 Å². The molecule has 19 heavy (non-hydrogen) atoms. The number of nitrogens with one attached hydrogen (secondary N) is 1. The van der Waals surface area contributed by atoms with Crippen molar-refractivity contribution in [1.82, 2.24) is 4.98 Å². The van der Waals surface area contributed by atoms with Crippen LogP contribution in [0.5, 0.6) is 0 Å². The zero-order valence-corrected chi connectivity index (χ0v) is 11.6. The van der Waals surface area contributed by atoms with Crippen molar-refractivity contribution in [3.63, 3.8) is 0 Å². The third-order valence-corrected chi connectivity index (χ3v) is 4.12. The molecule has 3 rings (SSSR count). The monoisotopic (exact) mass is 273 g/mol. The molecule has 1 unspecified atom stereocenters. The number of oxazole rings is 1. The molecule has 0 aliphatic carbocycles. The molecule has 0 amide bonds. The second-order valence-electron chi connectivity index (χ2n) is 4.56. The molecular formula is C14H15N3OS. The number of nitrogens with two attached hydrogens (primary N) is 1. The SMILES string of the molecule is Cc1ccc(C(C)Nc2nc3cc(N)ccc3o2)s1. The molecule has 5 heteroatoms. The summed E-state index contributed by atoms with van der Waals surface area (Å²) >= 11 is 1.77. The molecule has 4 nitrogen and oxygen atoms in total. The van der Waals surface area contributed by atoms with E-state index in [1.807, 2.05) is 18.2 Å². The van der Waals surface area contributed by atoms with Crippen molar-refractivity contribution in [2.75, 3.05) is 11.1 Å². The largest absolute Gasteiger partial charge is 0.424 e. The zero-order chi connectivity index (χ0) is 13.4. The number of aryl methyl sites for hydroxylation is 1. The Labute approximate surface area is 115 Å². The summed E-state index contributed by atoms with van der Waals surface area (Å²) in [5.74, 6) is 0. The molecule has 0 aliphatic heterocycles. The second kappa shape index (κ2) is 4.59. The Morgan fingerprint density at radius 2 is 2.16 bits per heavy atom. The van der Waals surface area contributed by atoms with E-state index >= 15 is 0 Å². The molecule has 0 fully saturated rings. The Bertz CT molecular complexity index is 716. The lowest BCUT2D eigenvalue weighted by Crippen LogP contribution is -2.04. The number of hydrogen-bond acceptors (Lipinski definition) is 5. The second-order valence-corrected chi connectivity index (χ2v) is 5.88. The Morgan fingerprint density at radius 3 is 2.89 bits per heavy atom. The average Bonchev–Trinajstić information content (AvgIpc) is 2.94. The predicted octanol–water partition coefficient (Wildman–Crippen LogP) is 3.95. The molecule has 2 aromatic heterocycles. The minimum atomic E-state index is 0.170. The van der Waals surface area contributed by atoms with Crippen molar-refractivity contribution in [1.29, 1.82) is 0 Å². The minimum absolute atomic E-state index is 0.170. The van der Waals surface area contributed by atoms with Crippen LogP contribution in [0, 0.1) is 6.92 Å². The molecule has 98 valence electrons. The molecule has 2 heterocycles. The van der Waals surface area contributed by atoms with Gasteiger partial charge in [0.25, 0.3) is 6.01 Å². The summed E-state index contributed by atoms with van der Waals surface area (Å²) < 4.78 is 5.65. The van der Waals surface area contributed by atoms with E-state index in [2.05, 4.69) is 36.3 Å². The van der Waals surface area contributed by atoms with Crippen LogP contribution in [0.4, 0.5) is 11.7 Å². The first-order valence-electron chi connectivity index (χ1n) is 6.11. The standard InChI is InChI=1S/C14H15N3OS/c1-8-3-6-13(19-8)9(2)16-14-17-11-7-10(15)4-5-12(11)18-14/h3-7,9H,15H2,1-2H3,(H,16,17). The highest BCUT2D eigenvalue weighted by molar-refractivity contribution is 7.12. The van der Waals surface area contributed by atoms with Crippen LogP contribution in [0.2, 0.25) is 0 Å². The van der Waals surface area contributed by atoms with Gasteiger partial charge in [0.2, 0.25) is 0 Å². The summed E-state index contributed by atoms with van der Waals surface area (Å²) in [5.41, 5.74) is 7.93. The van der Waals surface area contributed by atoms with Gasteiger partial charge in [-0.3, -0.25) is 0 Å². The lowest BCUT2D eigenvalue weighted by Gasteiger charge is -2.09. The van der Waals surface area contributed by atoms with Crippen LogP contribution in [-0.4, -0.2) is 4.98 Å². The number of rotatable bonds is 3. The van der Waals surface area contributed by atoms with E-state index in [9.17, 15) is 0 Å². The summed E-state index contributed by atoms with van der Waals surface area (Å²) in [6.45, 7) is 4.19. The quantitative estimate of drug-likeness (QED) is 0.709. The summed E-state index contributed by atoms with van der Waals surface area (Å²) in [5, 5.41) is 3.27. The fraction of sp³-hybridized carbons (Fsp3) is 0.214. The molecule has 1 atom stereocenters. The van der Waals surface area contributed by atoms with Crippen LogP contribution in [-0.2, 0) is 0 Å². The maximum Gasteiger partial charge on any atom is 0.296 e. The Morgan fingerprint density at radius 1 is 1.32 bits per heavy atom. The van der Waals surface area contributed by atoms with Crippen LogP contribution >= 0.6 is 11.3 Å². The normalized spacial score (nSPS) is 12.7. The third-order valence-electron chi connectivity index (χ3n) is 2.94. The molecule has 0 saturated heterocycles. The van der Waals surface area contributed by atoms with Gasteiger partial charge in [-0.1, -0.05) is 0 Å². The van der Waals surface area contributed by atoms with Gasteiger partial charge in [0.1, 0.15) is 5.52 Å². The van der Waals surface area contributed by atoms with Gasteiger partial charge < -0.3 is 15.5 Å². The maximum absolute atomic E-state index is 5.73. The molecule has 0 aliphatic rings. The summed E-state index contributed by atoms with van der Waals surface area (Å²) in [6.07, 6.45) is 0. The molecule has 0 saturated carbocycles. The van der Waals surface area contributed by atoms with Crippen molar-refractivity contribution >= 4 is 34.1 Å². The van der Waals surface area contributed by atoms with Gasteiger partial charge in [0.05, 0.1) is 6.04 Å². The van der Waals surface area contributed by atoms with Gasteiger partial charge in [0.15, 0.2) is 5.58 Å². The number of aromatic nitrogens is 1. The Hall–Kier alpha value is -2.01. The van der Waals surface area contributed by atoms with E-state index < -0.39 is 0 Å². The van der Waals surface area contributed by atoms with E-state index in [4.69, 9.17) is 10.2 Å². The number of nitrogen functional groups attached to an aromatic ring is 1. The van der Waals surface area contributed by atoms with Crippen LogP contribution < -0.4 is 11.1 Å². The van der Waals surface area contributed by atoms with Gasteiger partial charge in [-0.2, -0.15) is 4.98 Å². The summed E-state index contributed by atoms with van der Waals surface area (Å²) in [7, 11) is 0. The lowest BCUT2D eigenvalue weighted by molar-refractivity contribution is 0.605. The molecule has 0 radical (unpaired) electrons. The number of nitrogens with zero attached hydrogens (tertiary/aromatic N) is 1. The third kappa shape index (κ3) is 2.42. The number of thiophene rings is 1. The molecule has 3 N–H and O–H groups in total. The fourth-order valence-corrected chi connectivity index (χ4v) is 2.83. The van der Waals surface area contributed by atoms with Gasteiger partial charge in [-0.05, 0) is 44.2 Å². The summed E-state index contributed by atoms with van der Waals surface area (Å²) in [6, 6.07) is 10.4. The van der Waals surface area contributed by atoms with E-state index in [0.717, 1.165) is 11.1 Å². The predicted molar refractivity (Wildman–Crippen MR) is 79.5 cm³/mol. The minimum Gasteiger partial charge on any atom is -0.424 e. The first-order chi connectivity index (χ1) is 9.11. The first kappa shape index (κ1) is 12.0. The van der Waals surface area contributed by atoms with E-state index in [0.29, 0.717) is 11.7 Å². The molecule has 0 bridgehead atoms. The Kier molecular flexibility index (Phi) is 2.91. The molecular weight excluding hydrogens is 258 g/mol. The highest BCUT2D eigenvalue weighted by Gasteiger charge is 2.12. The number of hydrogen-bond donors (Lipinski definition) is 2. The van der Waals surface area contributed by atoms with Crippen LogP contribution in [0.25, 0.3) is 11.1 Å². The van der Waals surface area contributed by atoms with Crippen molar-refractivity contribution in [3.8, 4) is 0 Å². The number of fused-ring (bicyclic) bond motifs is 1. The van der Waals surface area contributed by atoms with Crippen molar-refractivity contribution in [3.05, 3.63) is 40.1 Å².